The number of nitrogens with two attached hydrogens (primary N) is 1. The van der Waals surface area contributed by atoms with Gasteiger partial charge in [-0.25, -0.2) is 9.45 Å². The van der Waals surface area contributed by atoms with Gasteiger partial charge in [0.2, 0.25) is 5.91 Å². The lowest BCUT2D eigenvalue weighted by atomic mass is 9.81. The number of hydroxylamine groups is 2. The molecular weight excluding hydrogens is 345 g/mol. The molecule has 1 aliphatic heterocycles. The molecule has 2 fully saturated rings. The van der Waals surface area contributed by atoms with Crippen LogP contribution >= 0.6 is 12.4 Å². The van der Waals surface area contributed by atoms with Crippen LogP contribution in [0.1, 0.15) is 49.3 Å². The fourth-order valence-electron chi connectivity index (χ4n) is 3.68. The quantitative estimate of drug-likeness (QED) is 0.890. The third-order valence-corrected chi connectivity index (χ3v) is 5.09. The van der Waals surface area contributed by atoms with E-state index in [1.807, 2.05) is 6.07 Å². The van der Waals surface area contributed by atoms with E-state index in [0.29, 0.717) is 31.1 Å². The van der Waals surface area contributed by atoms with Crippen LogP contribution in [0.25, 0.3) is 0 Å². The van der Waals surface area contributed by atoms with Gasteiger partial charge in [-0.05, 0) is 61.9 Å². The monoisotopic (exact) mass is 367 g/mol. The van der Waals surface area contributed by atoms with Gasteiger partial charge in [0.25, 0.3) is 0 Å². The van der Waals surface area contributed by atoms with Crippen LogP contribution < -0.4 is 5.73 Å². The molecule has 1 saturated heterocycles. The Hall–Kier alpha value is -1.68. The molecule has 0 radical (unpaired) electrons. The van der Waals surface area contributed by atoms with Crippen molar-refractivity contribution in [1.82, 2.24) is 5.06 Å². The summed E-state index contributed by atoms with van der Waals surface area (Å²) in [5.74, 6) is -0.0503. The minimum Gasteiger partial charge on any atom is -0.330 e. The van der Waals surface area contributed by atoms with Crippen molar-refractivity contribution in [3.63, 3.8) is 0 Å². The maximum absolute atomic E-state index is 13.7. The van der Waals surface area contributed by atoms with Gasteiger partial charge < -0.3 is 5.73 Å². The van der Waals surface area contributed by atoms with Crippen molar-refractivity contribution >= 4 is 18.3 Å². The van der Waals surface area contributed by atoms with Crippen molar-refractivity contribution < 1.29 is 14.0 Å². The number of rotatable bonds is 3. The van der Waals surface area contributed by atoms with Crippen LogP contribution in [0.2, 0.25) is 0 Å². The molecule has 0 unspecified atom stereocenters. The highest BCUT2D eigenvalue weighted by molar-refractivity contribution is 5.85. The highest BCUT2D eigenvalue weighted by Crippen LogP contribution is 2.36. The predicted molar refractivity (Wildman–Crippen MR) is 93.0 cm³/mol. The standard InChI is InChI=1S/C18H22FN3O2.ClH/c19-16-8-13(11-21)7-15(9-16)17-5-6-24-22(17)18(23)14-3-1-12(10-20)2-4-14;/h7-9,12,14,17H,1-6,10,20H2;1H/t12?,14?,17-;/m0./s1. The summed E-state index contributed by atoms with van der Waals surface area (Å²) in [5.41, 5.74) is 6.58. The number of carbonyl (C=O) groups is 1. The summed E-state index contributed by atoms with van der Waals surface area (Å²) < 4.78 is 13.7. The second kappa shape index (κ2) is 8.61. The first-order chi connectivity index (χ1) is 11.6. The molecule has 0 spiro atoms. The maximum atomic E-state index is 13.7. The molecule has 5 nitrogen and oxygen atoms in total. The first kappa shape index (κ1) is 19.6. The van der Waals surface area contributed by atoms with Gasteiger partial charge in [0, 0.05) is 12.3 Å². The summed E-state index contributed by atoms with van der Waals surface area (Å²) in [4.78, 5) is 18.4. The van der Waals surface area contributed by atoms with E-state index in [0.717, 1.165) is 25.7 Å². The highest BCUT2D eigenvalue weighted by Gasteiger charge is 2.37. The summed E-state index contributed by atoms with van der Waals surface area (Å²) in [5, 5.41) is 10.4. The second-order valence-corrected chi connectivity index (χ2v) is 6.64. The molecule has 3 rings (SSSR count). The highest BCUT2D eigenvalue weighted by atomic mass is 35.5. The van der Waals surface area contributed by atoms with Crippen LogP contribution in [-0.2, 0) is 9.63 Å². The van der Waals surface area contributed by atoms with Crippen LogP contribution in [0.4, 0.5) is 4.39 Å². The Morgan fingerprint density at radius 1 is 1.28 bits per heavy atom. The van der Waals surface area contributed by atoms with Gasteiger partial charge in [-0.3, -0.25) is 9.63 Å². The number of amides is 1. The first-order valence-electron chi connectivity index (χ1n) is 8.49. The SMILES string of the molecule is Cl.N#Cc1cc(F)cc([C@@H]2CCON2C(=O)C2CCC(CN)CC2)c1. The number of hydrogen-bond donors (Lipinski definition) is 1. The summed E-state index contributed by atoms with van der Waals surface area (Å²) in [7, 11) is 0. The van der Waals surface area contributed by atoms with E-state index in [1.54, 1.807) is 6.07 Å². The maximum Gasteiger partial charge on any atom is 0.249 e. The smallest absolute Gasteiger partial charge is 0.249 e. The zero-order valence-corrected chi connectivity index (χ0v) is 14.8. The molecule has 1 aliphatic carbocycles. The predicted octanol–water partition coefficient (Wildman–Crippen LogP) is 3.09. The minimum atomic E-state index is -0.466. The largest absolute Gasteiger partial charge is 0.330 e. The average Bonchev–Trinajstić information content (AvgIpc) is 3.10. The van der Waals surface area contributed by atoms with E-state index >= 15 is 0 Å². The molecule has 1 aromatic carbocycles. The van der Waals surface area contributed by atoms with Gasteiger partial charge in [0.05, 0.1) is 24.3 Å². The second-order valence-electron chi connectivity index (χ2n) is 6.64. The topological polar surface area (TPSA) is 79.3 Å². The van der Waals surface area contributed by atoms with E-state index in [4.69, 9.17) is 15.8 Å². The molecule has 2 aliphatic rings. The first-order valence-corrected chi connectivity index (χ1v) is 8.49. The molecule has 0 aromatic heterocycles. The third kappa shape index (κ3) is 4.30. The summed E-state index contributed by atoms with van der Waals surface area (Å²) >= 11 is 0. The molecule has 25 heavy (non-hydrogen) atoms. The van der Waals surface area contributed by atoms with E-state index in [2.05, 4.69) is 0 Å². The number of halogens is 2. The zero-order valence-electron chi connectivity index (χ0n) is 14.0. The molecular formula is C18H23ClFN3O2. The lowest BCUT2D eigenvalue weighted by Crippen LogP contribution is -2.37. The Balaban J connectivity index is 0.00000225. The van der Waals surface area contributed by atoms with Gasteiger partial charge in [0.1, 0.15) is 5.82 Å². The van der Waals surface area contributed by atoms with Crippen molar-refractivity contribution in [3.05, 3.63) is 35.1 Å². The van der Waals surface area contributed by atoms with E-state index in [1.165, 1.54) is 17.2 Å². The molecule has 1 saturated carbocycles. The Morgan fingerprint density at radius 3 is 2.64 bits per heavy atom. The number of benzene rings is 1. The minimum absolute atomic E-state index is 0. The Labute approximate surface area is 153 Å². The fourth-order valence-corrected chi connectivity index (χ4v) is 3.68. The van der Waals surface area contributed by atoms with Crippen molar-refractivity contribution in [2.45, 2.75) is 38.1 Å². The van der Waals surface area contributed by atoms with Gasteiger partial charge in [-0.2, -0.15) is 5.26 Å². The number of nitriles is 1. The van der Waals surface area contributed by atoms with Crippen LogP contribution in [0, 0.1) is 29.0 Å². The molecule has 1 heterocycles. The summed E-state index contributed by atoms with van der Waals surface area (Å²) in [6.45, 7) is 1.09. The van der Waals surface area contributed by atoms with Gasteiger partial charge >= 0.3 is 0 Å². The summed E-state index contributed by atoms with van der Waals surface area (Å²) in [6, 6.07) is 5.84. The molecule has 1 amide bonds. The Kier molecular flexibility index (Phi) is 6.77. The molecule has 0 bridgehead atoms. The average molecular weight is 368 g/mol. The van der Waals surface area contributed by atoms with E-state index < -0.39 is 5.82 Å². The molecule has 1 aromatic rings. The lowest BCUT2D eigenvalue weighted by molar-refractivity contribution is -0.183. The van der Waals surface area contributed by atoms with Crippen molar-refractivity contribution in [3.8, 4) is 6.07 Å². The third-order valence-electron chi connectivity index (χ3n) is 5.09. The molecule has 7 heteroatoms. The molecule has 2 N–H and O–H groups in total. The lowest BCUT2D eigenvalue weighted by Gasteiger charge is -2.31. The number of carbonyl (C=O) groups excluding carboxylic acids is 1. The van der Waals surface area contributed by atoms with Crippen molar-refractivity contribution in [1.29, 1.82) is 5.26 Å². The van der Waals surface area contributed by atoms with Crippen LogP contribution in [0.15, 0.2) is 18.2 Å². The van der Waals surface area contributed by atoms with Crippen molar-refractivity contribution in [2.24, 2.45) is 17.6 Å². The van der Waals surface area contributed by atoms with Gasteiger partial charge in [-0.1, -0.05) is 0 Å². The Morgan fingerprint density at radius 2 is 2.00 bits per heavy atom. The zero-order chi connectivity index (χ0) is 17.1. The van der Waals surface area contributed by atoms with Crippen molar-refractivity contribution in [2.75, 3.05) is 13.2 Å². The molecule has 1 atom stereocenters. The van der Waals surface area contributed by atoms with Gasteiger partial charge in [0.15, 0.2) is 0 Å². The van der Waals surface area contributed by atoms with Crippen LogP contribution in [0.5, 0.6) is 0 Å². The number of hydrogen-bond acceptors (Lipinski definition) is 4. The van der Waals surface area contributed by atoms with Crippen LogP contribution in [0.3, 0.4) is 0 Å². The normalized spacial score (nSPS) is 26.0. The number of nitrogens with zero attached hydrogens (tertiary/aromatic N) is 2. The van der Waals surface area contributed by atoms with Crippen LogP contribution in [-0.4, -0.2) is 24.1 Å². The van der Waals surface area contributed by atoms with E-state index in [-0.39, 0.29) is 35.8 Å². The Bertz CT molecular complexity index is 656. The molecule has 136 valence electrons. The summed E-state index contributed by atoms with van der Waals surface area (Å²) in [6.07, 6.45) is 4.17. The van der Waals surface area contributed by atoms with Gasteiger partial charge in [-0.15, -0.1) is 12.4 Å². The van der Waals surface area contributed by atoms with E-state index in [9.17, 15) is 9.18 Å². The fraction of sp³-hybridized carbons (Fsp3) is 0.556.